The molecule has 164 valence electrons. The van der Waals surface area contributed by atoms with Gasteiger partial charge in [0, 0.05) is 19.1 Å². The molecule has 1 aliphatic rings. The van der Waals surface area contributed by atoms with Gasteiger partial charge in [-0.05, 0) is 43.2 Å². The van der Waals surface area contributed by atoms with E-state index in [9.17, 15) is 13.5 Å². The van der Waals surface area contributed by atoms with E-state index in [-0.39, 0.29) is 24.2 Å². The minimum absolute atomic E-state index is 0.0724. The highest BCUT2D eigenvalue weighted by atomic mass is 35.5. The molecule has 2 atom stereocenters. The maximum atomic E-state index is 12.0. The van der Waals surface area contributed by atoms with Crippen molar-refractivity contribution in [3.63, 3.8) is 0 Å². The van der Waals surface area contributed by atoms with E-state index in [1.807, 2.05) is 48.2 Å². The molecule has 2 aromatic carbocycles. The average Bonchev–Trinajstić information content (AvgIpc) is 3.08. The fourth-order valence-electron chi connectivity index (χ4n) is 3.57. The standard InChI is InChI=1S/C22H28ClNO5S/c1-2-28-20-9-7-17(8-10-20)13-24(18-11-12-30(26,27)16-18)14-19(25)15-29-22-6-4-3-5-21(22)23/h3-10,18-19,25H,2,11-16H2,1H3. The summed E-state index contributed by atoms with van der Waals surface area (Å²) in [6, 6.07) is 14.7. The Morgan fingerprint density at radius 3 is 2.53 bits per heavy atom. The minimum atomic E-state index is -3.04. The van der Waals surface area contributed by atoms with Gasteiger partial charge in [0.25, 0.3) is 0 Å². The quantitative estimate of drug-likeness (QED) is 0.595. The van der Waals surface area contributed by atoms with E-state index < -0.39 is 15.9 Å². The summed E-state index contributed by atoms with van der Waals surface area (Å²) in [6.45, 7) is 3.45. The van der Waals surface area contributed by atoms with Crippen LogP contribution < -0.4 is 9.47 Å². The summed E-state index contributed by atoms with van der Waals surface area (Å²) in [7, 11) is -3.04. The Balaban J connectivity index is 1.65. The molecule has 1 fully saturated rings. The highest BCUT2D eigenvalue weighted by molar-refractivity contribution is 7.91. The first-order chi connectivity index (χ1) is 14.4. The van der Waals surface area contributed by atoms with Crippen LogP contribution in [0.25, 0.3) is 0 Å². The Hall–Kier alpha value is -1.80. The Labute approximate surface area is 183 Å². The molecule has 0 amide bonds. The zero-order chi connectivity index (χ0) is 21.6. The molecule has 1 heterocycles. The number of ether oxygens (including phenoxy) is 2. The van der Waals surface area contributed by atoms with Gasteiger partial charge in [0.2, 0.25) is 0 Å². The predicted octanol–water partition coefficient (Wildman–Crippen LogP) is 3.17. The van der Waals surface area contributed by atoms with Crippen LogP contribution in [0.3, 0.4) is 0 Å². The van der Waals surface area contributed by atoms with Gasteiger partial charge in [-0.3, -0.25) is 4.90 Å². The molecule has 0 radical (unpaired) electrons. The fraction of sp³-hybridized carbons (Fsp3) is 0.455. The van der Waals surface area contributed by atoms with Gasteiger partial charge in [-0.2, -0.15) is 0 Å². The average molecular weight is 454 g/mol. The summed E-state index contributed by atoms with van der Waals surface area (Å²) in [6.07, 6.45) is -0.218. The Kier molecular flexibility index (Phi) is 7.99. The van der Waals surface area contributed by atoms with Gasteiger partial charge < -0.3 is 14.6 Å². The number of para-hydroxylation sites is 1. The van der Waals surface area contributed by atoms with Crippen LogP contribution in [0.4, 0.5) is 0 Å². The van der Waals surface area contributed by atoms with Crippen LogP contribution >= 0.6 is 11.6 Å². The molecule has 2 unspecified atom stereocenters. The monoisotopic (exact) mass is 453 g/mol. The lowest BCUT2D eigenvalue weighted by molar-refractivity contribution is 0.0525. The smallest absolute Gasteiger partial charge is 0.151 e. The van der Waals surface area contributed by atoms with Crippen LogP contribution in [-0.2, 0) is 16.4 Å². The van der Waals surface area contributed by atoms with E-state index in [0.29, 0.717) is 36.9 Å². The molecule has 0 bridgehead atoms. The summed E-state index contributed by atoms with van der Waals surface area (Å²) in [5, 5.41) is 11.1. The highest BCUT2D eigenvalue weighted by Crippen LogP contribution is 2.24. The number of hydrogen-bond acceptors (Lipinski definition) is 6. The van der Waals surface area contributed by atoms with Crippen LogP contribution in [0, 0.1) is 0 Å². The molecule has 1 saturated heterocycles. The number of rotatable bonds is 10. The molecule has 0 spiro atoms. The fourth-order valence-corrected chi connectivity index (χ4v) is 5.52. The maximum Gasteiger partial charge on any atom is 0.151 e. The molecule has 2 aromatic rings. The number of aliphatic hydroxyl groups is 1. The zero-order valence-electron chi connectivity index (χ0n) is 17.0. The van der Waals surface area contributed by atoms with Crippen molar-refractivity contribution in [2.45, 2.75) is 32.0 Å². The molecule has 0 saturated carbocycles. The number of aliphatic hydroxyl groups excluding tert-OH is 1. The van der Waals surface area contributed by atoms with Crippen LogP contribution in [0.15, 0.2) is 48.5 Å². The second-order valence-electron chi connectivity index (χ2n) is 7.46. The number of sulfone groups is 1. The van der Waals surface area contributed by atoms with E-state index in [2.05, 4.69) is 0 Å². The van der Waals surface area contributed by atoms with Gasteiger partial charge in [-0.1, -0.05) is 35.9 Å². The van der Waals surface area contributed by atoms with Crippen molar-refractivity contribution in [3.8, 4) is 11.5 Å². The lowest BCUT2D eigenvalue weighted by atomic mass is 10.1. The van der Waals surface area contributed by atoms with Crippen LogP contribution in [0.1, 0.15) is 18.9 Å². The molecular weight excluding hydrogens is 426 g/mol. The van der Waals surface area contributed by atoms with E-state index >= 15 is 0 Å². The number of nitrogens with zero attached hydrogens (tertiary/aromatic N) is 1. The van der Waals surface area contributed by atoms with E-state index in [4.69, 9.17) is 21.1 Å². The first-order valence-corrected chi connectivity index (χ1v) is 12.3. The van der Waals surface area contributed by atoms with Gasteiger partial charge in [0.1, 0.15) is 24.2 Å². The SMILES string of the molecule is CCOc1ccc(CN(CC(O)COc2ccccc2Cl)C2CCS(=O)(=O)C2)cc1. The summed E-state index contributed by atoms with van der Waals surface area (Å²) < 4.78 is 35.1. The van der Waals surface area contributed by atoms with E-state index in [0.717, 1.165) is 11.3 Å². The van der Waals surface area contributed by atoms with E-state index in [1.54, 1.807) is 12.1 Å². The largest absolute Gasteiger partial charge is 0.494 e. The molecule has 30 heavy (non-hydrogen) atoms. The molecule has 1 N–H and O–H groups in total. The molecule has 3 rings (SSSR count). The summed E-state index contributed by atoms with van der Waals surface area (Å²) >= 11 is 6.10. The topological polar surface area (TPSA) is 76.1 Å². The molecule has 6 nitrogen and oxygen atoms in total. The van der Waals surface area contributed by atoms with Crippen molar-refractivity contribution in [2.24, 2.45) is 0 Å². The zero-order valence-corrected chi connectivity index (χ0v) is 18.6. The first-order valence-electron chi connectivity index (χ1n) is 10.1. The minimum Gasteiger partial charge on any atom is -0.494 e. The van der Waals surface area contributed by atoms with Crippen LogP contribution in [0.5, 0.6) is 11.5 Å². The molecule has 0 aliphatic carbocycles. The first kappa shape index (κ1) is 22.9. The second kappa shape index (κ2) is 10.5. The van der Waals surface area contributed by atoms with Crippen molar-refractivity contribution in [3.05, 3.63) is 59.1 Å². The van der Waals surface area contributed by atoms with Gasteiger partial charge in [-0.15, -0.1) is 0 Å². The van der Waals surface area contributed by atoms with Gasteiger partial charge >= 0.3 is 0 Å². The van der Waals surface area contributed by atoms with Gasteiger partial charge in [0.15, 0.2) is 9.84 Å². The molecule has 0 aromatic heterocycles. The molecule has 1 aliphatic heterocycles. The summed E-state index contributed by atoms with van der Waals surface area (Å²) in [5.41, 5.74) is 1.03. The van der Waals surface area contributed by atoms with Crippen LogP contribution in [-0.4, -0.2) is 61.8 Å². The Morgan fingerprint density at radius 1 is 1.17 bits per heavy atom. The third-order valence-electron chi connectivity index (χ3n) is 5.06. The molecule has 8 heteroatoms. The third kappa shape index (κ3) is 6.60. The second-order valence-corrected chi connectivity index (χ2v) is 10.1. The predicted molar refractivity (Wildman–Crippen MR) is 118 cm³/mol. The van der Waals surface area contributed by atoms with Gasteiger partial charge in [0.05, 0.1) is 23.1 Å². The van der Waals surface area contributed by atoms with E-state index in [1.165, 1.54) is 0 Å². The highest BCUT2D eigenvalue weighted by Gasteiger charge is 2.33. The lowest BCUT2D eigenvalue weighted by Crippen LogP contribution is -2.42. The van der Waals surface area contributed by atoms with Crippen LogP contribution in [0.2, 0.25) is 5.02 Å². The lowest BCUT2D eigenvalue weighted by Gasteiger charge is -2.30. The maximum absolute atomic E-state index is 12.0. The number of benzene rings is 2. The third-order valence-corrected chi connectivity index (χ3v) is 7.12. The van der Waals surface area contributed by atoms with Crippen molar-refractivity contribution >= 4 is 21.4 Å². The van der Waals surface area contributed by atoms with Crippen molar-refractivity contribution in [1.29, 1.82) is 0 Å². The van der Waals surface area contributed by atoms with Crippen molar-refractivity contribution in [1.82, 2.24) is 4.90 Å². The molecular formula is C22H28ClNO5S. The normalized spacial score (nSPS) is 19.0. The van der Waals surface area contributed by atoms with Crippen molar-refractivity contribution < 1.29 is 23.0 Å². The summed E-state index contributed by atoms with van der Waals surface area (Å²) in [5.74, 6) is 1.61. The Bertz CT molecular complexity index is 919. The number of hydrogen-bond donors (Lipinski definition) is 1. The van der Waals surface area contributed by atoms with Crippen molar-refractivity contribution in [2.75, 3.05) is 31.3 Å². The summed E-state index contributed by atoms with van der Waals surface area (Å²) in [4.78, 5) is 2.03. The Morgan fingerprint density at radius 2 is 1.90 bits per heavy atom. The van der Waals surface area contributed by atoms with Gasteiger partial charge in [-0.25, -0.2) is 8.42 Å². The number of halogens is 1.